The maximum Gasteiger partial charge on any atom is 0.319 e. The van der Waals surface area contributed by atoms with Crippen LogP contribution in [0.3, 0.4) is 0 Å². The molecule has 0 heterocycles. The van der Waals surface area contributed by atoms with Crippen molar-refractivity contribution in [2.45, 2.75) is 20.8 Å². The maximum absolute atomic E-state index is 12.0. The lowest BCUT2D eigenvalue weighted by Gasteiger charge is -2.20. The van der Waals surface area contributed by atoms with E-state index in [1.165, 1.54) is 19.9 Å². The number of hydrogen-bond acceptors (Lipinski definition) is 4. The fraction of sp³-hybridized carbons (Fsp3) is 0.429. The molecular formula is C14H16Cl2O4. The van der Waals surface area contributed by atoms with Crippen LogP contribution in [0.15, 0.2) is 18.2 Å². The van der Waals surface area contributed by atoms with E-state index in [1.54, 1.807) is 19.1 Å². The van der Waals surface area contributed by atoms with Crippen LogP contribution in [0.2, 0.25) is 10.0 Å². The van der Waals surface area contributed by atoms with Crippen molar-refractivity contribution in [2.24, 2.45) is 5.41 Å². The van der Waals surface area contributed by atoms with Gasteiger partial charge in [-0.1, -0.05) is 23.2 Å². The van der Waals surface area contributed by atoms with E-state index in [-0.39, 0.29) is 19.0 Å². The highest BCUT2D eigenvalue weighted by Gasteiger charge is 2.37. The summed E-state index contributed by atoms with van der Waals surface area (Å²) in [6.45, 7) is 4.63. The van der Waals surface area contributed by atoms with Crippen LogP contribution in [0.25, 0.3) is 0 Å². The lowest BCUT2D eigenvalue weighted by molar-refractivity contribution is -0.158. The molecule has 0 radical (unpaired) electrons. The van der Waals surface area contributed by atoms with Gasteiger partial charge in [0.2, 0.25) is 0 Å². The summed E-state index contributed by atoms with van der Waals surface area (Å²) in [4.78, 5) is 23.7. The van der Waals surface area contributed by atoms with Gasteiger partial charge in [-0.2, -0.15) is 0 Å². The van der Waals surface area contributed by atoms with E-state index in [4.69, 9.17) is 32.7 Å². The Kier molecular flexibility index (Phi) is 5.84. The molecular weight excluding hydrogens is 303 g/mol. The molecule has 0 aliphatic carbocycles. The van der Waals surface area contributed by atoms with Crippen LogP contribution in [-0.4, -0.2) is 25.0 Å². The van der Waals surface area contributed by atoms with Gasteiger partial charge < -0.3 is 9.47 Å². The summed E-state index contributed by atoms with van der Waals surface area (Å²) >= 11 is 11.7. The molecule has 0 fully saturated rings. The van der Waals surface area contributed by atoms with Gasteiger partial charge in [0.1, 0.15) is 17.8 Å². The normalized spacial score (nSPS) is 11.1. The summed E-state index contributed by atoms with van der Waals surface area (Å²) in [6.07, 6.45) is 0. The van der Waals surface area contributed by atoms with E-state index >= 15 is 0 Å². The predicted molar refractivity (Wildman–Crippen MR) is 77.4 cm³/mol. The number of esters is 1. The zero-order valence-corrected chi connectivity index (χ0v) is 13.0. The fourth-order valence-electron chi connectivity index (χ4n) is 1.34. The number of rotatable bonds is 6. The van der Waals surface area contributed by atoms with Crippen LogP contribution in [0.5, 0.6) is 5.75 Å². The van der Waals surface area contributed by atoms with E-state index in [2.05, 4.69) is 0 Å². The summed E-state index contributed by atoms with van der Waals surface area (Å²) < 4.78 is 10.2. The van der Waals surface area contributed by atoms with Crippen molar-refractivity contribution in [2.75, 3.05) is 13.2 Å². The Morgan fingerprint density at radius 1 is 1.25 bits per heavy atom. The summed E-state index contributed by atoms with van der Waals surface area (Å²) in [6, 6.07) is 4.68. The Morgan fingerprint density at radius 2 is 1.90 bits per heavy atom. The number of carbonyl (C=O) groups excluding carboxylic acids is 2. The number of ketones is 1. The van der Waals surface area contributed by atoms with E-state index in [0.717, 1.165) is 0 Å². The van der Waals surface area contributed by atoms with Crippen LogP contribution < -0.4 is 4.74 Å². The van der Waals surface area contributed by atoms with Crippen molar-refractivity contribution in [3.63, 3.8) is 0 Å². The fourth-order valence-corrected chi connectivity index (χ4v) is 1.80. The van der Waals surface area contributed by atoms with Crippen molar-refractivity contribution in [3.05, 3.63) is 28.2 Å². The third kappa shape index (κ3) is 4.12. The van der Waals surface area contributed by atoms with Crippen LogP contribution in [0, 0.1) is 5.41 Å². The quantitative estimate of drug-likeness (QED) is 0.594. The molecule has 0 aromatic heterocycles. The van der Waals surface area contributed by atoms with Crippen LogP contribution in [0.1, 0.15) is 20.8 Å². The molecule has 0 saturated carbocycles. The Morgan fingerprint density at radius 3 is 2.45 bits per heavy atom. The van der Waals surface area contributed by atoms with Crippen molar-refractivity contribution in [1.29, 1.82) is 0 Å². The SMILES string of the molecule is CCOC(=O)C(C)(C)C(=O)COc1ccc(Cl)cc1Cl. The predicted octanol–water partition coefficient (Wildman–Crippen LogP) is 3.53. The second kappa shape index (κ2) is 6.95. The van der Waals surface area contributed by atoms with Crippen molar-refractivity contribution < 1.29 is 19.1 Å². The van der Waals surface area contributed by atoms with Crippen molar-refractivity contribution in [3.8, 4) is 5.75 Å². The smallest absolute Gasteiger partial charge is 0.319 e. The molecule has 0 aliphatic rings. The van der Waals surface area contributed by atoms with Gasteiger partial charge in [0.15, 0.2) is 5.78 Å². The molecule has 0 atom stereocenters. The molecule has 0 spiro atoms. The Hall–Kier alpha value is -1.26. The third-order valence-electron chi connectivity index (χ3n) is 2.74. The molecule has 0 bridgehead atoms. The van der Waals surface area contributed by atoms with Crippen LogP contribution >= 0.6 is 23.2 Å². The monoisotopic (exact) mass is 318 g/mol. The van der Waals surface area contributed by atoms with E-state index in [9.17, 15) is 9.59 Å². The average Bonchev–Trinajstić information content (AvgIpc) is 2.37. The first-order chi connectivity index (χ1) is 9.28. The van der Waals surface area contributed by atoms with Gasteiger partial charge in [0.25, 0.3) is 0 Å². The summed E-state index contributed by atoms with van der Waals surface area (Å²) in [5.41, 5.74) is -1.26. The number of Topliss-reactive ketones (excluding diaryl/α,β-unsaturated/α-hetero) is 1. The molecule has 0 aliphatic heterocycles. The summed E-state index contributed by atoms with van der Waals surface area (Å²) in [7, 11) is 0. The molecule has 1 aromatic carbocycles. The number of carbonyl (C=O) groups is 2. The second-order valence-corrected chi connectivity index (χ2v) is 5.48. The van der Waals surface area contributed by atoms with Crippen molar-refractivity contribution in [1.82, 2.24) is 0 Å². The third-order valence-corrected chi connectivity index (χ3v) is 3.27. The Balaban J connectivity index is 2.69. The van der Waals surface area contributed by atoms with Gasteiger partial charge in [-0.3, -0.25) is 9.59 Å². The van der Waals surface area contributed by atoms with E-state index in [0.29, 0.717) is 15.8 Å². The van der Waals surface area contributed by atoms with E-state index in [1.807, 2.05) is 0 Å². The Labute approximate surface area is 128 Å². The minimum absolute atomic E-state index is 0.222. The van der Waals surface area contributed by atoms with Gasteiger partial charge in [-0.25, -0.2) is 0 Å². The summed E-state index contributed by atoms with van der Waals surface area (Å²) in [5, 5.41) is 0.778. The van der Waals surface area contributed by atoms with Gasteiger partial charge in [0.05, 0.1) is 11.6 Å². The number of halogens is 2. The second-order valence-electron chi connectivity index (χ2n) is 4.63. The molecule has 0 saturated heterocycles. The van der Waals surface area contributed by atoms with Crippen LogP contribution in [0.4, 0.5) is 0 Å². The molecule has 110 valence electrons. The molecule has 0 N–H and O–H groups in total. The molecule has 0 amide bonds. The minimum Gasteiger partial charge on any atom is -0.484 e. The lowest BCUT2D eigenvalue weighted by Crippen LogP contribution is -2.38. The number of ether oxygens (including phenoxy) is 2. The standard InChI is InChI=1S/C14H16Cl2O4/c1-4-19-13(18)14(2,3)12(17)8-20-11-6-5-9(15)7-10(11)16/h5-7H,4,8H2,1-3H3. The van der Waals surface area contributed by atoms with Gasteiger partial charge >= 0.3 is 5.97 Å². The van der Waals surface area contributed by atoms with Gasteiger partial charge in [-0.15, -0.1) is 0 Å². The first-order valence-electron chi connectivity index (χ1n) is 6.07. The molecule has 6 heteroatoms. The molecule has 1 rings (SSSR count). The minimum atomic E-state index is -1.26. The largest absolute Gasteiger partial charge is 0.484 e. The lowest BCUT2D eigenvalue weighted by atomic mass is 9.88. The average molecular weight is 319 g/mol. The molecule has 1 aromatic rings. The summed E-state index contributed by atoms with van der Waals surface area (Å²) in [5.74, 6) is -0.623. The maximum atomic E-state index is 12.0. The highest BCUT2D eigenvalue weighted by atomic mass is 35.5. The van der Waals surface area contributed by atoms with Gasteiger partial charge in [0, 0.05) is 5.02 Å². The van der Waals surface area contributed by atoms with E-state index < -0.39 is 11.4 Å². The highest BCUT2D eigenvalue weighted by molar-refractivity contribution is 6.35. The van der Waals surface area contributed by atoms with Crippen molar-refractivity contribution >= 4 is 35.0 Å². The highest BCUT2D eigenvalue weighted by Crippen LogP contribution is 2.28. The first kappa shape index (κ1) is 16.8. The zero-order valence-electron chi connectivity index (χ0n) is 11.5. The Bertz CT molecular complexity index is 512. The first-order valence-corrected chi connectivity index (χ1v) is 6.83. The van der Waals surface area contributed by atoms with Crippen LogP contribution in [-0.2, 0) is 14.3 Å². The molecule has 20 heavy (non-hydrogen) atoms. The topological polar surface area (TPSA) is 52.6 Å². The number of benzene rings is 1. The number of hydrogen-bond donors (Lipinski definition) is 0. The molecule has 0 unspecified atom stereocenters. The zero-order chi connectivity index (χ0) is 15.3. The van der Waals surface area contributed by atoms with Gasteiger partial charge in [-0.05, 0) is 39.0 Å². The molecule has 4 nitrogen and oxygen atoms in total.